The van der Waals surface area contributed by atoms with Gasteiger partial charge in [-0.1, -0.05) is 18.3 Å². The Bertz CT molecular complexity index is 577. The molecule has 100 valence electrons. The van der Waals surface area contributed by atoms with E-state index in [2.05, 4.69) is 9.59 Å². The summed E-state index contributed by atoms with van der Waals surface area (Å²) >= 11 is 1.14. The van der Waals surface area contributed by atoms with Crippen LogP contribution in [-0.4, -0.2) is 22.5 Å². The van der Waals surface area contributed by atoms with Gasteiger partial charge < -0.3 is 10.6 Å². The third-order valence-electron chi connectivity index (χ3n) is 2.84. The van der Waals surface area contributed by atoms with Crippen LogP contribution < -0.4 is 10.6 Å². The topological polar surface area (TPSA) is 72.1 Å². The molecule has 2 N–H and O–H groups in total. The van der Waals surface area contributed by atoms with E-state index < -0.39 is 0 Å². The lowest BCUT2D eigenvalue weighted by Gasteiger charge is -2.17. The molecule has 0 aliphatic carbocycles. The van der Waals surface area contributed by atoms with Crippen molar-refractivity contribution >= 4 is 28.8 Å². The predicted molar refractivity (Wildman–Crippen MR) is 77.6 cm³/mol. The van der Waals surface area contributed by atoms with Gasteiger partial charge in [0.25, 0.3) is 5.91 Å². The predicted octanol–water partition coefficient (Wildman–Crippen LogP) is 2.52. The third kappa shape index (κ3) is 2.73. The van der Waals surface area contributed by atoms with Crippen LogP contribution in [0.1, 0.15) is 35.1 Å². The van der Waals surface area contributed by atoms with Crippen molar-refractivity contribution in [2.75, 3.05) is 17.7 Å². The van der Waals surface area contributed by atoms with E-state index in [0.29, 0.717) is 10.6 Å². The zero-order valence-electron chi connectivity index (χ0n) is 11.1. The molecule has 0 saturated carbocycles. The standard InChI is InChI=1S/C13H16N4OS/c1-8(2)11-12(19-16-15-11)13(18)17(3)10-6-4-9(14)5-7-10/h4-8H,14H2,1-3H3. The number of rotatable bonds is 3. The fraction of sp³-hybridized carbons (Fsp3) is 0.308. The van der Waals surface area contributed by atoms with Crippen molar-refractivity contribution in [1.29, 1.82) is 0 Å². The van der Waals surface area contributed by atoms with Gasteiger partial charge in [0.05, 0.1) is 5.69 Å². The fourth-order valence-electron chi connectivity index (χ4n) is 1.69. The zero-order valence-corrected chi connectivity index (χ0v) is 11.9. The molecule has 0 bridgehead atoms. The van der Waals surface area contributed by atoms with E-state index in [1.54, 1.807) is 24.1 Å². The SMILES string of the molecule is CC(C)c1nnsc1C(=O)N(C)c1ccc(N)cc1. The molecule has 6 heteroatoms. The Morgan fingerprint density at radius 1 is 1.32 bits per heavy atom. The lowest BCUT2D eigenvalue weighted by molar-refractivity contribution is 0.0995. The zero-order chi connectivity index (χ0) is 14.0. The smallest absolute Gasteiger partial charge is 0.271 e. The molecule has 0 aliphatic heterocycles. The Balaban J connectivity index is 2.28. The Kier molecular flexibility index (Phi) is 3.80. The number of nitrogens with zero attached hydrogens (tertiary/aromatic N) is 3. The van der Waals surface area contributed by atoms with Gasteiger partial charge in [0.2, 0.25) is 0 Å². The second-order valence-electron chi connectivity index (χ2n) is 4.60. The maximum absolute atomic E-state index is 12.4. The van der Waals surface area contributed by atoms with Crippen molar-refractivity contribution in [3.63, 3.8) is 0 Å². The molecule has 2 rings (SSSR count). The molecule has 0 fully saturated rings. The molecule has 0 spiro atoms. The van der Waals surface area contributed by atoms with Crippen LogP contribution in [0, 0.1) is 0 Å². The molecule has 19 heavy (non-hydrogen) atoms. The number of carbonyl (C=O) groups is 1. The maximum Gasteiger partial charge on any atom is 0.271 e. The molecule has 0 unspecified atom stereocenters. The average Bonchev–Trinajstić information content (AvgIpc) is 2.87. The van der Waals surface area contributed by atoms with E-state index in [4.69, 9.17) is 5.73 Å². The van der Waals surface area contributed by atoms with E-state index >= 15 is 0 Å². The third-order valence-corrected chi connectivity index (χ3v) is 3.57. The second-order valence-corrected chi connectivity index (χ2v) is 5.35. The van der Waals surface area contributed by atoms with Crippen LogP contribution in [0.5, 0.6) is 0 Å². The molecule has 0 saturated heterocycles. The second kappa shape index (κ2) is 5.36. The van der Waals surface area contributed by atoms with E-state index in [-0.39, 0.29) is 11.8 Å². The van der Waals surface area contributed by atoms with Gasteiger partial charge in [0, 0.05) is 18.4 Å². The summed E-state index contributed by atoms with van der Waals surface area (Å²) in [4.78, 5) is 14.6. The number of hydrogen-bond acceptors (Lipinski definition) is 5. The van der Waals surface area contributed by atoms with Gasteiger partial charge in [-0.15, -0.1) is 5.10 Å². The first kappa shape index (κ1) is 13.5. The molecule has 2 aromatic rings. The van der Waals surface area contributed by atoms with Gasteiger partial charge in [0.1, 0.15) is 4.88 Å². The van der Waals surface area contributed by atoms with Crippen molar-refractivity contribution in [2.24, 2.45) is 0 Å². The monoisotopic (exact) mass is 276 g/mol. The summed E-state index contributed by atoms with van der Waals surface area (Å²) in [7, 11) is 1.73. The number of nitrogens with two attached hydrogens (primary N) is 1. The summed E-state index contributed by atoms with van der Waals surface area (Å²) in [6, 6.07) is 7.17. The minimum absolute atomic E-state index is 0.0940. The van der Waals surface area contributed by atoms with E-state index in [1.807, 2.05) is 26.0 Å². The van der Waals surface area contributed by atoms with E-state index in [0.717, 1.165) is 22.9 Å². The van der Waals surface area contributed by atoms with Gasteiger partial charge in [-0.2, -0.15) is 0 Å². The normalized spacial score (nSPS) is 10.7. The number of amides is 1. The highest BCUT2D eigenvalue weighted by Gasteiger charge is 2.22. The molecule has 1 aromatic heterocycles. The Labute approximate surface area is 116 Å². The average molecular weight is 276 g/mol. The highest BCUT2D eigenvalue weighted by atomic mass is 32.1. The van der Waals surface area contributed by atoms with Gasteiger partial charge in [-0.3, -0.25) is 4.79 Å². The van der Waals surface area contributed by atoms with Gasteiger partial charge in [-0.05, 0) is 41.7 Å². The number of hydrogen-bond donors (Lipinski definition) is 1. The van der Waals surface area contributed by atoms with Crippen molar-refractivity contribution in [3.8, 4) is 0 Å². The first-order valence-corrected chi connectivity index (χ1v) is 6.74. The van der Waals surface area contributed by atoms with Crippen LogP contribution in [0.25, 0.3) is 0 Å². The van der Waals surface area contributed by atoms with Crippen LogP contribution in [0.2, 0.25) is 0 Å². The van der Waals surface area contributed by atoms with Crippen LogP contribution in [0.15, 0.2) is 24.3 Å². The van der Waals surface area contributed by atoms with Crippen LogP contribution in [0.3, 0.4) is 0 Å². The van der Waals surface area contributed by atoms with Gasteiger partial charge in [-0.25, -0.2) is 0 Å². The highest BCUT2D eigenvalue weighted by molar-refractivity contribution is 7.08. The number of benzene rings is 1. The summed E-state index contributed by atoms with van der Waals surface area (Å²) in [6.45, 7) is 3.99. The molecule has 1 amide bonds. The lowest BCUT2D eigenvalue weighted by atomic mass is 10.1. The molecule has 0 atom stereocenters. The minimum atomic E-state index is -0.0940. The summed E-state index contributed by atoms with van der Waals surface area (Å²) in [5, 5.41) is 4.03. The molecule has 0 aliphatic rings. The van der Waals surface area contributed by atoms with Crippen molar-refractivity contribution in [2.45, 2.75) is 19.8 Å². The molecule has 5 nitrogen and oxygen atoms in total. The van der Waals surface area contributed by atoms with Gasteiger partial charge in [0.15, 0.2) is 0 Å². The Hall–Kier alpha value is -1.95. The number of aromatic nitrogens is 2. The van der Waals surface area contributed by atoms with Crippen molar-refractivity contribution in [3.05, 3.63) is 34.8 Å². The van der Waals surface area contributed by atoms with Gasteiger partial charge >= 0.3 is 0 Å². The highest BCUT2D eigenvalue weighted by Crippen LogP contribution is 2.24. The Morgan fingerprint density at radius 3 is 2.53 bits per heavy atom. The molecular weight excluding hydrogens is 260 g/mol. The van der Waals surface area contributed by atoms with E-state index in [9.17, 15) is 4.79 Å². The number of carbonyl (C=O) groups excluding carboxylic acids is 1. The fourth-order valence-corrected chi connectivity index (χ4v) is 2.49. The molecule has 0 radical (unpaired) electrons. The largest absolute Gasteiger partial charge is 0.399 e. The molecule has 1 heterocycles. The summed E-state index contributed by atoms with van der Waals surface area (Å²) in [5.41, 5.74) is 7.85. The molecular formula is C13H16N4OS. The minimum Gasteiger partial charge on any atom is -0.399 e. The number of anilines is 2. The lowest BCUT2D eigenvalue weighted by Crippen LogP contribution is -2.26. The summed E-state index contributed by atoms with van der Waals surface area (Å²) in [6.07, 6.45) is 0. The van der Waals surface area contributed by atoms with Crippen molar-refractivity contribution < 1.29 is 4.79 Å². The van der Waals surface area contributed by atoms with Crippen LogP contribution in [-0.2, 0) is 0 Å². The first-order chi connectivity index (χ1) is 9.00. The first-order valence-electron chi connectivity index (χ1n) is 5.96. The maximum atomic E-state index is 12.4. The van der Waals surface area contributed by atoms with Crippen LogP contribution in [0.4, 0.5) is 11.4 Å². The van der Waals surface area contributed by atoms with Crippen molar-refractivity contribution in [1.82, 2.24) is 9.59 Å². The quantitative estimate of drug-likeness (QED) is 0.874. The molecule has 1 aromatic carbocycles. The summed E-state index contributed by atoms with van der Waals surface area (Å²) in [5.74, 6) is 0.0842. The van der Waals surface area contributed by atoms with E-state index in [1.165, 1.54) is 0 Å². The summed E-state index contributed by atoms with van der Waals surface area (Å²) < 4.78 is 3.88. The number of nitrogen functional groups attached to an aromatic ring is 1. The Morgan fingerprint density at radius 2 is 1.95 bits per heavy atom. The van der Waals surface area contributed by atoms with Crippen LogP contribution >= 0.6 is 11.5 Å².